The molecule has 0 aliphatic heterocycles. The molecular weight excluding hydrogens is 288 g/mol. The third-order valence-corrected chi connectivity index (χ3v) is 4.26. The highest BCUT2D eigenvalue weighted by Crippen LogP contribution is 2.17. The number of rotatable bonds is 14. The van der Waals surface area contributed by atoms with E-state index in [9.17, 15) is 4.79 Å². The summed E-state index contributed by atoms with van der Waals surface area (Å²) >= 11 is 0. The van der Waals surface area contributed by atoms with Crippen LogP contribution in [0.1, 0.15) is 98.8 Å². The Morgan fingerprint density at radius 2 is 1.17 bits per heavy atom. The standard InChI is InChI=1S/C20H40O3/c1-6-7-8-9-10-11-12-13-14-15-16-22-20(21)23-19(17(2)3)18(4)5/h17-19H,6-16H2,1-5H3. The molecule has 0 spiro atoms. The molecule has 0 saturated heterocycles. The molecule has 0 aliphatic carbocycles. The molecule has 0 saturated carbocycles. The zero-order valence-corrected chi connectivity index (χ0v) is 16.2. The van der Waals surface area contributed by atoms with Crippen LogP contribution in [-0.2, 0) is 9.47 Å². The number of unbranched alkanes of at least 4 members (excludes halogenated alkanes) is 9. The maximum atomic E-state index is 11.7. The van der Waals surface area contributed by atoms with E-state index in [4.69, 9.17) is 9.47 Å². The Hall–Kier alpha value is -0.730. The molecule has 138 valence electrons. The van der Waals surface area contributed by atoms with Crippen LogP contribution < -0.4 is 0 Å². The predicted octanol–water partition coefficient (Wildman–Crippen LogP) is 6.74. The first-order chi connectivity index (χ1) is 11.0. The fraction of sp³-hybridized carbons (Fsp3) is 0.950. The number of hydrogen-bond acceptors (Lipinski definition) is 3. The second-order valence-electron chi connectivity index (χ2n) is 7.35. The fourth-order valence-electron chi connectivity index (χ4n) is 2.93. The first-order valence-electron chi connectivity index (χ1n) is 9.82. The summed E-state index contributed by atoms with van der Waals surface area (Å²) < 4.78 is 10.6. The Kier molecular flexibility index (Phi) is 14.4. The second-order valence-corrected chi connectivity index (χ2v) is 7.35. The minimum absolute atomic E-state index is 0.0600. The van der Waals surface area contributed by atoms with Crippen molar-refractivity contribution in [3.63, 3.8) is 0 Å². The summed E-state index contributed by atoms with van der Waals surface area (Å²) in [6.07, 6.45) is 12.2. The highest BCUT2D eigenvalue weighted by Gasteiger charge is 2.22. The van der Waals surface area contributed by atoms with Crippen LogP contribution in [0.15, 0.2) is 0 Å². The van der Waals surface area contributed by atoms with Gasteiger partial charge in [-0.15, -0.1) is 0 Å². The van der Waals surface area contributed by atoms with Gasteiger partial charge in [0.05, 0.1) is 6.61 Å². The smallest absolute Gasteiger partial charge is 0.434 e. The van der Waals surface area contributed by atoms with Gasteiger partial charge in [0.25, 0.3) is 0 Å². The van der Waals surface area contributed by atoms with Crippen molar-refractivity contribution in [2.24, 2.45) is 11.8 Å². The lowest BCUT2D eigenvalue weighted by Crippen LogP contribution is -2.29. The van der Waals surface area contributed by atoms with E-state index in [2.05, 4.69) is 34.6 Å². The van der Waals surface area contributed by atoms with Gasteiger partial charge in [0.15, 0.2) is 0 Å². The molecule has 0 fully saturated rings. The van der Waals surface area contributed by atoms with E-state index in [-0.39, 0.29) is 6.10 Å². The van der Waals surface area contributed by atoms with Crippen molar-refractivity contribution >= 4 is 6.16 Å². The van der Waals surface area contributed by atoms with Crippen molar-refractivity contribution in [2.75, 3.05) is 6.61 Å². The summed E-state index contributed by atoms with van der Waals surface area (Å²) in [6.45, 7) is 11.0. The number of carbonyl (C=O) groups is 1. The van der Waals surface area contributed by atoms with Crippen LogP contribution in [0.25, 0.3) is 0 Å². The molecule has 0 unspecified atom stereocenters. The summed E-state index contributed by atoms with van der Waals surface area (Å²) in [6, 6.07) is 0. The van der Waals surface area contributed by atoms with Crippen molar-refractivity contribution in [3.8, 4) is 0 Å². The van der Waals surface area contributed by atoms with Gasteiger partial charge in [-0.3, -0.25) is 0 Å². The van der Waals surface area contributed by atoms with Gasteiger partial charge in [-0.2, -0.15) is 0 Å². The summed E-state index contributed by atoms with van der Waals surface area (Å²) in [5.41, 5.74) is 0. The van der Waals surface area contributed by atoms with E-state index in [1.807, 2.05) is 0 Å². The maximum absolute atomic E-state index is 11.7. The first kappa shape index (κ1) is 22.3. The molecule has 0 heterocycles. The summed E-state index contributed by atoms with van der Waals surface area (Å²) in [4.78, 5) is 11.7. The summed E-state index contributed by atoms with van der Waals surface area (Å²) in [5, 5.41) is 0. The largest absolute Gasteiger partial charge is 0.508 e. The molecule has 0 aromatic rings. The maximum Gasteiger partial charge on any atom is 0.508 e. The number of carbonyl (C=O) groups excluding carboxylic acids is 1. The van der Waals surface area contributed by atoms with E-state index in [0.29, 0.717) is 18.4 Å². The molecule has 0 atom stereocenters. The van der Waals surface area contributed by atoms with E-state index in [0.717, 1.165) is 12.8 Å². The van der Waals surface area contributed by atoms with Crippen LogP contribution in [0.2, 0.25) is 0 Å². The van der Waals surface area contributed by atoms with E-state index < -0.39 is 6.16 Å². The third kappa shape index (κ3) is 13.4. The normalized spacial score (nSPS) is 11.5. The zero-order chi connectivity index (χ0) is 17.5. The lowest BCUT2D eigenvalue weighted by molar-refractivity contribution is -0.0110. The van der Waals surface area contributed by atoms with Crippen molar-refractivity contribution in [1.82, 2.24) is 0 Å². The quantitative estimate of drug-likeness (QED) is 0.261. The predicted molar refractivity (Wildman–Crippen MR) is 97.7 cm³/mol. The Labute approximate surface area is 144 Å². The molecule has 3 heteroatoms. The number of hydrogen-bond donors (Lipinski definition) is 0. The van der Waals surface area contributed by atoms with Gasteiger partial charge in [-0.05, 0) is 18.3 Å². The van der Waals surface area contributed by atoms with Crippen molar-refractivity contribution in [1.29, 1.82) is 0 Å². The van der Waals surface area contributed by atoms with Crippen LogP contribution in [0.4, 0.5) is 4.79 Å². The highest BCUT2D eigenvalue weighted by atomic mass is 16.7. The minimum atomic E-state index is -0.506. The van der Waals surface area contributed by atoms with Gasteiger partial charge >= 0.3 is 6.16 Å². The van der Waals surface area contributed by atoms with Crippen LogP contribution in [0.5, 0.6) is 0 Å². The molecular formula is C20H40O3. The molecule has 0 rings (SSSR count). The average molecular weight is 329 g/mol. The van der Waals surface area contributed by atoms with Gasteiger partial charge in [0.2, 0.25) is 0 Å². The van der Waals surface area contributed by atoms with Gasteiger partial charge in [-0.1, -0.05) is 92.4 Å². The Balaban J connectivity index is 3.45. The lowest BCUT2D eigenvalue weighted by Gasteiger charge is -2.24. The highest BCUT2D eigenvalue weighted by molar-refractivity contribution is 5.60. The second kappa shape index (κ2) is 14.8. The van der Waals surface area contributed by atoms with Crippen LogP contribution in [-0.4, -0.2) is 18.9 Å². The van der Waals surface area contributed by atoms with Crippen molar-refractivity contribution in [3.05, 3.63) is 0 Å². The molecule has 0 bridgehead atoms. The van der Waals surface area contributed by atoms with Crippen LogP contribution in [0, 0.1) is 11.8 Å². The average Bonchev–Trinajstić information content (AvgIpc) is 2.49. The summed E-state index contributed by atoms with van der Waals surface area (Å²) in [7, 11) is 0. The molecule has 0 N–H and O–H groups in total. The van der Waals surface area contributed by atoms with Crippen molar-refractivity contribution in [2.45, 2.75) is 105 Å². The third-order valence-electron chi connectivity index (χ3n) is 4.26. The molecule has 0 aliphatic rings. The first-order valence-corrected chi connectivity index (χ1v) is 9.82. The molecule has 0 amide bonds. The number of ether oxygens (including phenoxy) is 2. The molecule has 3 nitrogen and oxygen atoms in total. The van der Waals surface area contributed by atoms with E-state index >= 15 is 0 Å². The van der Waals surface area contributed by atoms with E-state index in [1.54, 1.807) is 0 Å². The molecule has 0 radical (unpaired) electrons. The fourth-order valence-corrected chi connectivity index (χ4v) is 2.93. The van der Waals surface area contributed by atoms with E-state index in [1.165, 1.54) is 51.4 Å². The van der Waals surface area contributed by atoms with Crippen LogP contribution >= 0.6 is 0 Å². The SMILES string of the molecule is CCCCCCCCCCCCOC(=O)OC(C(C)C)C(C)C. The molecule has 23 heavy (non-hydrogen) atoms. The van der Waals surface area contributed by atoms with Crippen LogP contribution in [0.3, 0.4) is 0 Å². The minimum Gasteiger partial charge on any atom is -0.434 e. The lowest BCUT2D eigenvalue weighted by atomic mass is 9.96. The van der Waals surface area contributed by atoms with Gasteiger partial charge in [-0.25, -0.2) is 4.79 Å². The van der Waals surface area contributed by atoms with Crippen molar-refractivity contribution < 1.29 is 14.3 Å². The topological polar surface area (TPSA) is 35.5 Å². The Bertz CT molecular complexity index is 266. The van der Waals surface area contributed by atoms with Gasteiger partial charge in [0, 0.05) is 0 Å². The molecule has 0 aromatic heterocycles. The van der Waals surface area contributed by atoms with Gasteiger partial charge < -0.3 is 9.47 Å². The monoisotopic (exact) mass is 328 g/mol. The summed E-state index contributed by atoms with van der Waals surface area (Å²) in [5.74, 6) is 0.639. The van der Waals surface area contributed by atoms with Gasteiger partial charge in [0.1, 0.15) is 6.10 Å². The Morgan fingerprint density at radius 3 is 1.61 bits per heavy atom. The Morgan fingerprint density at radius 1 is 0.739 bits per heavy atom. The zero-order valence-electron chi connectivity index (χ0n) is 16.2. The molecule has 0 aromatic carbocycles.